The fourth-order valence-electron chi connectivity index (χ4n) is 0.914. The third-order valence-electron chi connectivity index (χ3n) is 1.59. The van der Waals surface area contributed by atoms with Crippen LogP contribution in [0.3, 0.4) is 0 Å². The predicted molar refractivity (Wildman–Crippen MR) is 76.2 cm³/mol. The first-order valence-corrected chi connectivity index (χ1v) is 6.03. The average molecular weight is 333 g/mol. The van der Waals surface area contributed by atoms with Gasteiger partial charge in [0, 0.05) is 10.1 Å². The number of rotatable bonds is 3. The van der Waals surface area contributed by atoms with E-state index in [4.69, 9.17) is 12.2 Å². The molecule has 80 valence electrons. The van der Waals surface area contributed by atoms with Crippen LogP contribution in [0.1, 0.15) is 12.5 Å². The molecule has 3 nitrogen and oxygen atoms in total. The summed E-state index contributed by atoms with van der Waals surface area (Å²) in [5.41, 5.74) is 3.78. The molecule has 0 saturated carbocycles. The summed E-state index contributed by atoms with van der Waals surface area (Å²) in [6.45, 7) is 2.78. The van der Waals surface area contributed by atoms with E-state index in [1.165, 1.54) is 3.57 Å². The maximum atomic E-state index is 4.95. The minimum Gasteiger partial charge on any atom is -0.362 e. The van der Waals surface area contributed by atoms with E-state index in [1.54, 1.807) is 6.21 Å². The lowest BCUT2D eigenvalue weighted by Crippen LogP contribution is -2.31. The molecule has 0 aliphatic heterocycles. The molecule has 0 radical (unpaired) electrons. The van der Waals surface area contributed by atoms with Crippen LogP contribution in [-0.4, -0.2) is 17.9 Å². The number of hydrogen-bond acceptors (Lipinski definition) is 2. The second-order valence-electron chi connectivity index (χ2n) is 2.78. The largest absolute Gasteiger partial charge is 0.362 e. The highest BCUT2D eigenvalue weighted by molar-refractivity contribution is 14.1. The van der Waals surface area contributed by atoms with Crippen molar-refractivity contribution in [1.82, 2.24) is 10.7 Å². The van der Waals surface area contributed by atoms with E-state index >= 15 is 0 Å². The van der Waals surface area contributed by atoms with Crippen LogP contribution < -0.4 is 10.7 Å². The zero-order valence-electron chi connectivity index (χ0n) is 8.33. The van der Waals surface area contributed by atoms with Crippen LogP contribution in [0.2, 0.25) is 0 Å². The van der Waals surface area contributed by atoms with Gasteiger partial charge in [-0.15, -0.1) is 0 Å². The summed E-state index contributed by atoms with van der Waals surface area (Å²) in [6, 6.07) is 8.07. The van der Waals surface area contributed by atoms with Gasteiger partial charge in [-0.25, -0.2) is 0 Å². The minimum absolute atomic E-state index is 0.541. The summed E-state index contributed by atoms with van der Waals surface area (Å²) in [5, 5.41) is 7.50. The zero-order valence-corrected chi connectivity index (χ0v) is 11.3. The molecule has 0 aliphatic carbocycles. The van der Waals surface area contributed by atoms with Gasteiger partial charge in [0.15, 0.2) is 5.11 Å². The second-order valence-corrected chi connectivity index (χ2v) is 4.43. The quantitative estimate of drug-likeness (QED) is 0.385. The van der Waals surface area contributed by atoms with Crippen LogP contribution in [0.4, 0.5) is 0 Å². The molecule has 0 aliphatic rings. The normalized spacial score (nSPS) is 10.3. The molecule has 0 saturated heterocycles. The summed E-state index contributed by atoms with van der Waals surface area (Å²) in [7, 11) is 0. The Morgan fingerprint density at radius 2 is 2.13 bits per heavy atom. The van der Waals surface area contributed by atoms with Gasteiger partial charge < -0.3 is 5.32 Å². The lowest BCUT2D eigenvalue weighted by molar-refractivity contribution is 0.904. The second kappa shape index (κ2) is 6.73. The van der Waals surface area contributed by atoms with Gasteiger partial charge in [-0.3, -0.25) is 5.43 Å². The van der Waals surface area contributed by atoms with E-state index in [0.717, 1.165) is 12.1 Å². The number of nitrogens with one attached hydrogen (secondary N) is 2. The Balaban J connectivity index is 2.44. The van der Waals surface area contributed by atoms with Gasteiger partial charge in [0.2, 0.25) is 0 Å². The average Bonchev–Trinajstić information content (AvgIpc) is 2.21. The molecule has 0 spiro atoms. The highest BCUT2D eigenvalue weighted by Gasteiger charge is 1.89. The van der Waals surface area contributed by atoms with Crippen molar-refractivity contribution in [1.29, 1.82) is 0 Å². The third-order valence-corrected chi connectivity index (χ3v) is 2.54. The van der Waals surface area contributed by atoms with Crippen molar-refractivity contribution in [2.45, 2.75) is 6.92 Å². The van der Waals surface area contributed by atoms with Crippen molar-refractivity contribution in [3.8, 4) is 0 Å². The first-order chi connectivity index (χ1) is 7.22. The molecule has 1 rings (SSSR count). The smallest absolute Gasteiger partial charge is 0.186 e. The molecule has 0 aromatic heterocycles. The summed E-state index contributed by atoms with van der Waals surface area (Å²) in [4.78, 5) is 0. The van der Waals surface area contributed by atoms with Crippen LogP contribution in [0.25, 0.3) is 0 Å². The van der Waals surface area contributed by atoms with Crippen molar-refractivity contribution in [3.63, 3.8) is 0 Å². The van der Waals surface area contributed by atoms with Crippen LogP contribution in [-0.2, 0) is 0 Å². The van der Waals surface area contributed by atoms with Gasteiger partial charge >= 0.3 is 0 Å². The molecule has 2 N–H and O–H groups in total. The third kappa shape index (κ3) is 5.08. The van der Waals surface area contributed by atoms with Gasteiger partial charge in [-0.2, -0.15) is 5.10 Å². The fraction of sp³-hybridized carbons (Fsp3) is 0.200. The van der Waals surface area contributed by atoms with Crippen molar-refractivity contribution in [3.05, 3.63) is 33.4 Å². The molecular formula is C10H12IN3S. The van der Waals surface area contributed by atoms with Crippen molar-refractivity contribution < 1.29 is 0 Å². The molecule has 0 unspecified atom stereocenters. The molecule has 0 amide bonds. The highest BCUT2D eigenvalue weighted by Crippen LogP contribution is 2.04. The Labute approximate surface area is 108 Å². The van der Waals surface area contributed by atoms with E-state index in [2.05, 4.69) is 38.4 Å². The Bertz CT molecular complexity index is 348. The number of thiocarbonyl (C=S) groups is 1. The monoisotopic (exact) mass is 333 g/mol. The van der Waals surface area contributed by atoms with Crippen molar-refractivity contribution >= 4 is 46.1 Å². The summed E-state index contributed by atoms with van der Waals surface area (Å²) in [5.74, 6) is 0. The Kier molecular flexibility index (Phi) is 5.56. The summed E-state index contributed by atoms with van der Waals surface area (Å²) < 4.78 is 1.21. The number of hydrazone groups is 1. The molecular weight excluding hydrogens is 321 g/mol. The van der Waals surface area contributed by atoms with Crippen LogP contribution in [0.5, 0.6) is 0 Å². The lowest BCUT2D eigenvalue weighted by atomic mass is 10.2. The Morgan fingerprint density at radius 1 is 1.47 bits per heavy atom. The highest BCUT2D eigenvalue weighted by atomic mass is 127. The molecule has 0 atom stereocenters. The van der Waals surface area contributed by atoms with Gasteiger partial charge in [0.05, 0.1) is 6.21 Å². The number of hydrogen-bond donors (Lipinski definition) is 2. The molecule has 5 heteroatoms. The lowest BCUT2D eigenvalue weighted by Gasteiger charge is -2.02. The van der Waals surface area contributed by atoms with Gasteiger partial charge in [0.1, 0.15) is 0 Å². The topological polar surface area (TPSA) is 36.4 Å². The van der Waals surface area contributed by atoms with Crippen molar-refractivity contribution in [2.24, 2.45) is 5.10 Å². The molecule has 0 fully saturated rings. The maximum Gasteiger partial charge on any atom is 0.186 e. The standard InChI is InChI=1S/C10H12IN3S/c1-2-12-10(15)14-13-7-8-3-5-9(11)6-4-8/h3-7H,2H2,1H3,(H2,12,14,15)/b13-7-. The van der Waals surface area contributed by atoms with Crippen LogP contribution in [0.15, 0.2) is 29.4 Å². The molecule has 1 aromatic carbocycles. The Morgan fingerprint density at radius 3 is 2.73 bits per heavy atom. The number of benzene rings is 1. The van der Waals surface area contributed by atoms with Crippen LogP contribution in [0, 0.1) is 3.57 Å². The summed E-state index contributed by atoms with van der Waals surface area (Å²) in [6.07, 6.45) is 1.74. The molecule has 0 bridgehead atoms. The predicted octanol–water partition coefficient (Wildman–Crippen LogP) is 2.11. The first kappa shape index (κ1) is 12.4. The van der Waals surface area contributed by atoms with Crippen LogP contribution >= 0.6 is 34.8 Å². The Hall–Kier alpha value is -0.690. The minimum atomic E-state index is 0.541. The molecule has 15 heavy (non-hydrogen) atoms. The molecule has 1 aromatic rings. The van der Waals surface area contributed by atoms with Gasteiger partial charge in [-0.1, -0.05) is 12.1 Å². The van der Waals surface area contributed by atoms with Gasteiger partial charge in [-0.05, 0) is 59.4 Å². The van der Waals surface area contributed by atoms with E-state index in [9.17, 15) is 0 Å². The van der Waals surface area contributed by atoms with Crippen molar-refractivity contribution in [2.75, 3.05) is 6.54 Å². The summed E-state index contributed by atoms with van der Waals surface area (Å²) >= 11 is 7.22. The van der Waals surface area contributed by atoms with E-state index in [-0.39, 0.29) is 0 Å². The number of nitrogens with zero attached hydrogens (tertiary/aromatic N) is 1. The maximum absolute atomic E-state index is 4.95. The zero-order chi connectivity index (χ0) is 11.1. The van der Waals surface area contributed by atoms with Gasteiger partial charge in [0.25, 0.3) is 0 Å². The number of halogens is 1. The molecule has 0 heterocycles. The SMILES string of the molecule is CCNC(=S)N/N=C\c1ccc(I)cc1. The van der Waals surface area contributed by atoms with E-state index in [1.807, 2.05) is 31.2 Å². The fourth-order valence-corrected chi connectivity index (χ4v) is 1.47. The first-order valence-electron chi connectivity index (χ1n) is 4.55. The van der Waals surface area contributed by atoms with E-state index < -0.39 is 0 Å². The van der Waals surface area contributed by atoms with E-state index in [0.29, 0.717) is 5.11 Å².